The van der Waals surface area contributed by atoms with E-state index in [1.54, 1.807) is 3.61 Å². The Balaban J connectivity index is 2.16. The monoisotopic (exact) mass is 314 g/mol. The Morgan fingerprint density at radius 3 is 2.60 bits per heavy atom. The molecule has 0 aromatic heterocycles. The van der Waals surface area contributed by atoms with Gasteiger partial charge in [0.25, 0.3) is 0 Å². The number of fused-ring (bicyclic) bond motifs is 1. The Kier molecular flexibility index (Phi) is 4.06. The molecule has 2 aromatic carbocycles. The first-order valence-corrected chi connectivity index (χ1v) is 8.33. The maximum atomic E-state index is 2.38. The molecule has 0 spiro atoms. The fraction of sp³-hybridized carbons (Fsp3) is 0.286. The van der Waals surface area contributed by atoms with Gasteiger partial charge in [0.15, 0.2) is 0 Å². The molecule has 15 heavy (non-hydrogen) atoms. The summed E-state index contributed by atoms with van der Waals surface area (Å²) in [5, 5.41) is 2.76. The van der Waals surface area contributed by atoms with Crippen LogP contribution in [-0.2, 0) is 0 Å². The van der Waals surface area contributed by atoms with Crippen molar-refractivity contribution in [1.29, 1.82) is 0 Å². The molecule has 1 heteroatoms. The van der Waals surface area contributed by atoms with E-state index in [0.717, 1.165) is 0 Å². The molecule has 0 N–H and O–H groups in total. The van der Waals surface area contributed by atoms with Crippen molar-refractivity contribution in [2.75, 3.05) is 0 Å². The van der Waals surface area contributed by atoms with Crippen molar-refractivity contribution in [3.63, 3.8) is 0 Å². The molecule has 0 radical (unpaired) electrons. The van der Waals surface area contributed by atoms with Crippen LogP contribution in [0.25, 0.3) is 10.8 Å². The van der Waals surface area contributed by atoms with E-state index in [0.29, 0.717) is 0 Å². The second-order valence-corrected chi connectivity index (χ2v) is 7.05. The van der Waals surface area contributed by atoms with Crippen LogP contribution in [0.4, 0.5) is 0 Å². The van der Waals surface area contributed by atoms with Gasteiger partial charge in [-0.15, -0.1) is 0 Å². The molecule has 0 nitrogen and oxygen atoms in total. The number of hydrogen-bond donors (Lipinski definition) is 0. The van der Waals surface area contributed by atoms with Crippen LogP contribution in [0.15, 0.2) is 42.5 Å². The van der Waals surface area contributed by atoms with Crippen molar-refractivity contribution in [1.82, 2.24) is 0 Å². The van der Waals surface area contributed by atoms with Crippen LogP contribution in [-0.4, -0.2) is 20.9 Å². The quantitative estimate of drug-likeness (QED) is 0.600. The van der Waals surface area contributed by atoms with Crippen molar-refractivity contribution in [2.45, 2.75) is 24.2 Å². The molecule has 0 unspecified atom stereocenters. The first-order valence-electron chi connectivity index (χ1n) is 5.52. The zero-order valence-electron chi connectivity index (χ0n) is 9.07. The van der Waals surface area contributed by atoms with Crippen molar-refractivity contribution < 1.29 is 0 Å². The van der Waals surface area contributed by atoms with E-state index in [4.69, 9.17) is 0 Å². The van der Waals surface area contributed by atoms with Crippen LogP contribution in [0.5, 0.6) is 0 Å². The summed E-state index contributed by atoms with van der Waals surface area (Å²) < 4.78 is 3.05. The first kappa shape index (κ1) is 11.0. The molecule has 0 atom stereocenters. The van der Waals surface area contributed by atoms with Crippen LogP contribution >= 0.6 is 0 Å². The van der Waals surface area contributed by atoms with Gasteiger partial charge in [-0.25, -0.2) is 0 Å². The van der Waals surface area contributed by atoms with E-state index >= 15 is 0 Å². The summed E-state index contributed by atoms with van der Waals surface area (Å²) in [5.41, 5.74) is 0. The summed E-state index contributed by atoms with van der Waals surface area (Å²) in [6.07, 6.45) is 2.73. The molecule has 0 heterocycles. The molecule has 0 fully saturated rings. The molecular formula is C14H16Te. The zero-order valence-corrected chi connectivity index (χ0v) is 11.4. The standard InChI is InChI=1S/C14H16Te/c1-2-3-10-15-14-9-8-12-6-4-5-7-13(12)11-14/h4-9,11H,2-3,10H2,1H3. The topological polar surface area (TPSA) is 0 Å². The first-order chi connectivity index (χ1) is 7.40. The van der Waals surface area contributed by atoms with Gasteiger partial charge in [-0.2, -0.15) is 0 Å². The van der Waals surface area contributed by atoms with Gasteiger partial charge >= 0.3 is 102 Å². The molecule has 0 bridgehead atoms. The number of unbranched alkanes of at least 4 members (excludes halogenated alkanes) is 1. The Labute approximate surface area is 102 Å². The predicted molar refractivity (Wildman–Crippen MR) is 69.1 cm³/mol. The third kappa shape index (κ3) is 2.97. The Bertz CT molecular complexity index is 434. The second-order valence-electron chi connectivity index (χ2n) is 3.71. The Morgan fingerprint density at radius 2 is 1.80 bits per heavy atom. The summed E-state index contributed by atoms with van der Waals surface area (Å²) in [7, 11) is 0. The van der Waals surface area contributed by atoms with Gasteiger partial charge in [0.2, 0.25) is 0 Å². The summed E-state index contributed by atoms with van der Waals surface area (Å²) in [4.78, 5) is 0. The van der Waals surface area contributed by atoms with Gasteiger partial charge < -0.3 is 0 Å². The van der Waals surface area contributed by atoms with Crippen LogP contribution in [0.1, 0.15) is 19.8 Å². The molecule has 0 aliphatic rings. The van der Waals surface area contributed by atoms with E-state index in [2.05, 4.69) is 49.4 Å². The van der Waals surface area contributed by atoms with Crippen molar-refractivity contribution >= 4 is 35.3 Å². The van der Waals surface area contributed by atoms with Crippen molar-refractivity contribution in [3.05, 3.63) is 42.5 Å². The average Bonchev–Trinajstić information content (AvgIpc) is 2.29. The van der Waals surface area contributed by atoms with Crippen LogP contribution in [0.3, 0.4) is 0 Å². The van der Waals surface area contributed by atoms with Crippen LogP contribution in [0.2, 0.25) is 4.47 Å². The van der Waals surface area contributed by atoms with Gasteiger partial charge in [-0.05, 0) is 0 Å². The minimum absolute atomic E-state index is 0.0682. The zero-order chi connectivity index (χ0) is 10.5. The molecule has 2 aromatic rings. The van der Waals surface area contributed by atoms with E-state index in [9.17, 15) is 0 Å². The summed E-state index contributed by atoms with van der Waals surface area (Å²) in [6, 6.07) is 15.6. The van der Waals surface area contributed by atoms with Crippen molar-refractivity contribution in [3.8, 4) is 0 Å². The van der Waals surface area contributed by atoms with Gasteiger partial charge in [-0.1, -0.05) is 0 Å². The summed E-state index contributed by atoms with van der Waals surface area (Å²) in [6.45, 7) is 2.27. The van der Waals surface area contributed by atoms with Gasteiger partial charge in [0.1, 0.15) is 0 Å². The molecule has 2 rings (SSSR count). The van der Waals surface area contributed by atoms with E-state index in [1.165, 1.54) is 28.1 Å². The normalized spacial score (nSPS) is 10.7. The maximum absolute atomic E-state index is 2.38. The molecule has 0 aliphatic carbocycles. The van der Waals surface area contributed by atoms with E-state index in [-0.39, 0.29) is 20.9 Å². The fourth-order valence-corrected chi connectivity index (χ4v) is 4.57. The molecule has 0 saturated carbocycles. The summed E-state index contributed by atoms with van der Waals surface area (Å²) >= 11 is 0.0682. The number of hydrogen-bond acceptors (Lipinski definition) is 0. The molecule has 0 amide bonds. The predicted octanol–water partition coefficient (Wildman–Crippen LogP) is 3.39. The van der Waals surface area contributed by atoms with Crippen LogP contribution in [0, 0.1) is 0 Å². The molecule has 0 saturated heterocycles. The average molecular weight is 312 g/mol. The third-order valence-corrected chi connectivity index (χ3v) is 5.57. The van der Waals surface area contributed by atoms with Crippen molar-refractivity contribution in [2.24, 2.45) is 0 Å². The number of benzene rings is 2. The Morgan fingerprint density at radius 1 is 1.00 bits per heavy atom. The van der Waals surface area contributed by atoms with E-state index < -0.39 is 0 Å². The van der Waals surface area contributed by atoms with Gasteiger partial charge in [0, 0.05) is 0 Å². The second kappa shape index (κ2) is 5.54. The molecule has 78 valence electrons. The van der Waals surface area contributed by atoms with Gasteiger partial charge in [-0.3, -0.25) is 0 Å². The Hall–Kier alpha value is -0.510. The molecular weight excluding hydrogens is 296 g/mol. The SMILES string of the molecule is CCCC[Te]c1ccc2ccccc2c1. The molecule has 0 aliphatic heterocycles. The minimum atomic E-state index is 0.0682. The third-order valence-electron chi connectivity index (χ3n) is 2.49. The van der Waals surface area contributed by atoms with Crippen LogP contribution < -0.4 is 3.61 Å². The van der Waals surface area contributed by atoms with Gasteiger partial charge in [0.05, 0.1) is 0 Å². The summed E-state index contributed by atoms with van der Waals surface area (Å²) in [5.74, 6) is 0. The fourth-order valence-electron chi connectivity index (χ4n) is 1.59. The van der Waals surface area contributed by atoms with E-state index in [1.807, 2.05) is 0 Å². The number of rotatable bonds is 4.